The maximum absolute atomic E-state index is 11.5. The molecule has 0 aliphatic carbocycles. The molecule has 0 N–H and O–H groups in total. The van der Waals surface area contributed by atoms with Crippen molar-refractivity contribution in [1.82, 2.24) is 4.90 Å². The summed E-state index contributed by atoms with van der Waals surface area (Å²) in [5.74, 6) is -0.0587. The van der Waals surface area contributed by atoms with Gasteiger partial charge in [-0.3, -0.25) is 4.79 Å². The molecule has 0 saturated carbocycles. The van der Waals surface area contributed by atoms with Crippen molar-refractivity contribution in [3.05, 3.63) is 34.3 Å². The van der Waals surface area contributed by atoms with Crippen LogP contribution < -0.4 is 0 Å². The van der Waals surface area contributed by atoms with Gasteiger partial charge in [0.1, 0.15) is 5.38 Å². The molecule has 4 heteroatoms. The lowest BCUT2D eigenvalue weighted by Crippen LogP contribution is -2.31. The number of nitrogens with zero attached hydrogens (tertiary/aromatic N) is 1. The second-order valence-corrected chi connectivity index (χ2v) is 5.01. The molecular formula is C11H13BrClNO. The van der Waals surface area contributed by atoms with Crippen LogP contribution in [0, 0.1) is 0 Å². The monoisotopic (exact) mass is 289 g/mol. The van der Waals surface area contributed by atoms with Gasteiger partial charge in [0.25, 0.3) is 0 Å². The molecule has 0 fully saturated rings. The quantitative estimate of drug-likeness (QED) is 0.784. The fourth-order valence-electron chi connectivity index (χ4n) is 1.29. The van der Waals surface area contributed by atoms with Gasteiger partial charge in [-0.2, -0.15) is 0 Å². The Labute approximate surface area is 103 Å². The van der Waals surface area contributed by atoms with E-state index >= 15 is 0 Å². The number of halogens is 2. The molecule has 15 heavy (non-hydrogen) atoms. The molecule has 0 saturated heterocycles. The molecule has 0 heterocycles. The van der Waals surface area contributed by atoms with Gasteiger partial charge in [-0.05, 0) is 24.6 Å². The van der Waals surface area contributed by atoms with Crippen LogP contribution in [-0.2, 0) is 11.3 Å². The first-order valence-corrected chi connectivity index (χ1v) is 5.87. The summed E-state index contributed by atoms with van der Waals surface area (Å²) in [5, 5.41) is -0.470. The zero-order valence-corrected chi connectivity index (χ0v) is 11.0. The van der Waals surface area contributed by atoms with E-state index in [9.17, 15) is 4.79 Å². The second kappa shape index (κ2) is 5.52. The average Bonchev–Trinajstić information content (AvgIpc) is 2.16. The van der Waals surface area contributed by atoms with Crippen LogP contribution in [0.25, 0.3) is 0 Å². The summed E-state index contributed by atoms with van der Waals surface area (Å²) in [6.45, 7) is 2.26. The van der Waals surface area contributed by atoms with Crippen LogP contribution in [0.15, 0.2) is 28.7 Å². The maximum Gasteiger partial charge on any atom is 0.240 e. The van der Waals surface area contributed by atoms with Gasteiger partial charge in [0.05, 0.1) is 0 Å². The molecule has 0 spiro atoms. The van der Waals surface area contributed by atoms with Gasteiger partial charge in [0, 0.05) is 18.1 Å². The van der Waals surface area contributed by atoms with E-state index in [0.717, 1.165) is 10.0 Å². The Morgan fingerprint density at radius 1 is 1.60 bits per heavy atom. The van der Waals surface area contributed by atoms with Gasteiger partial charge in [-0.25, -0.2) is 0 Å². The van der Waals surface area contributed by atoms with Crippen LogP contribution in [0.5, 0.6) is 0 Å². The van der Waals surface area contributed by atoms with Gasteiger partial charge in [-0.15, -0.1) is 11.6 Å². The molecular weight excluding hydrogens is 277 g/mol. The van der Waals surface area contributed by atoms with E-state index in [1.165, 1.54) is 0 Å². The van der Waals surface area contributed by atoms with E-state index in [0.29, 0.717) is 6.54 Å². The van der Waals surface area contributed by atoms with E-state index in [4.69, 9.17) is 11.6 Å². The van der Waals surface area contributed by atoms with Crippen molar-refractivity contribution >= 4 is 33.4 Å². The summed E-state index contributed by atoms with van der Waals surface area (Å²) >= 11 is 9.11. The summed E-state index contributed by atoms with van der Waals surface area (Å²) in [6.07, 6.45) is 0. The summed E-state index contributed by atoms with van der Waals surface area (Å²) in [7, 11) is 1.75. The third-order valence-corrected chi connectivity index (χ3v) is 2.71. The van der Waals surface area contributed by atoms with Gasteiger partial charge in [0.2, 0.25) is 5.91 Å². The highest BCUT2D eigenvalue weighted by molar-refractivity contribution is 9.10. The van der Waals surface area contributed by atoms with Gasteiger partial charge >= 0.3 is 0 Å². The first-order chi connectivity index (χ1) is 7.00. The largest absolute Gasteiger partial charge is 0.340 e. The van der Waals surface area contributed by atoms with E-state index in [1.54, 1.807) is 18.9 Å². The van der Waals surface area contributed by atoms with E-state index in [2.05, 4.69) is 15.9 Å². The van der Waals surface area contributed by atoms with Crippen LogP contribution in [0.4, 0.5) is 0 Å². The minimum absolute atomic E-state index is 0.0587. The van der Waals surface area contributed by atoms with Crippen molar-refractivity contribution in [3.63, 3.8) is 0 Å². The molecule has 1 rings (SSSR count). The molecule has 0 aliphatic rings. The molecule has 1 aromatic rings. The molecule has 1 amide bonds. The van der Waals surface area contributed by atoms with Crippen molar-refractivity contribution in [2.24, 2.45) is 0 Å². The second-order valence-electron chi connectivity index (χ2n) is 3.44. The Hall–Kier alpha value is -0.540. The molecule has 0 aliphatic heterocycles. The molecule has 2 nitrogen and oxygen atoms in total. The zero-order chi connectivity index (χ0) is 11.4. The number of amides is 1. The topological polar surface area (TPSA) is 20.3 Å². The van der Waals surface area contributed by atoms with Crippen LogP contribution in [0.1, 0.15) is 12.5 Å². The van der Waals surface area contributed by atoms with Crippen molar-refractivity contribution in [3.8, 4) is 0 Å². The number of alkyl halides is 1. The Bertz CT molecular complexity index is 354. The smallest absolute Gasteiger partial charge is 0.240 e. The fourth-order valence-corrected chi connectivity index (χ4v) is 1.90. The maximum atomic E-state index is 11.5. The fraction of sp³-hybridized carbons (Fsp3) is 0.364. The van der Waals surface area contributed by atoms with Crippen molar-refractivity contribution < 1.29 is 4.79 Å². The van der Waals surface area contributed by atoms with Gasteiger partial charge in [0.15, 0.2) is 0 Å². The zero-order valence-electron chi connectivity index (χ0n) is 8.71. The van der Waals surface area contributed by atoms with Crippen LogP contribution >= 0.6 is 27.5 Å². The average molecular weight is 291 g/mol. The highest BCUT2D eigenvalue weighted by Gasteiger charge is 2.14. The number of carbonyl (C=O) groups is 1. The standard InChI is InChI=1S/C11H13BrClNO/c1-8(13)11(15)14(2)7-9-4-3-5-10(12)6-9/h3-6,8H,7H2,1-2H3. The number of hydrogen-bond acceptors (Lipinski definition) is 1. The molecule has 1 atom stereocenters. The number of hydrogen-bond donors (Lipinski definition) is 0. The number of rotatable bonds is 3. The van der Waals surface area contributed by atoms with E-state index in [-0.39, 0.29) is 5.91 Å². The van der Waals surface area contributed by atoms with Crippen LogP contribution in [0.3, 0.4) is 0 Å². The van der Waals surface area contributed by atoms with Crippen LogP contribution in [-0.4, -0.2) is 23.2 Å². The van der Waals surface area contributed by atoms with Gasteiger partial charge < -0.3 is 4.90 Å². The Kier molecular flexibility index (Phi) is 4.61. The summed E-state index contributed by atoms with van der Waals surface area (Å²) in [4.78, 5) is 13.1. The highest BCUT2D eigenvalue weighted by atomic mass is 79.9. The minimum Gasteiger partial charge on any atom is -0.340 e. The van der Waals surface area contributed by atoms with Crippen LogP contribution in [0.2, 0.25) is 0 Å². The van der Waals surface area contributed by atoms with E-state index < -0.39 is 5.38 Å². The lowest BCUT2D eigenvalue weighted by Gasteiger charge is -2.18. The number of benzene rings is 1. The summed E-state index contributed by atoms with van der Waals surface area (Å²) in [6, 6.07) is 7.87. The SMILES string of the molecule is CC(Cl)C(=O)N(C)Cc1cccc(Br)c1. The first kappa shape index (κ1) is 12.5. The van der Waals surface area contributed by atoms with Crippen molar-refractivity contribution in [2.75, 3.05) is 7.05 Å². The number of carbonyl (C=O) groups excluding carboxylic acids is 1. The molecule has 1 aromatic carbocycles. The molecule has 0 bridgehead atoms. The summed E-state index contributed by atoms with van der Waals surface area (Å²) in [5.41, 5.74) is 1.08. The van der Waals surface area contributed by atoms with Crippen molar-refractivity contribution in [1.29, 1.82) is 0 Å². The third kappa shape index (κ3) is 3.84. The third-order valence-electron chi connectivity index (χ3n) is 2.03. The molecule has 0 radical (unpaired) electrons. The molecule has 82 valence electrons. The normalized spacial score (nSPS) is 12.3. The predicted octanol–water partition coefficient (Wildman–Crippen LogP) is 3.03. The molecule has 0 aromatic heterocycles. The van der Waals surface area contributed by atoms with E-state index in [1.807, 2.05) is 24.3 Å². The Balaban J connectivity index is 2.66. The summed E-state index contributed by atoms with van der Waals surface area (Å²) < 4.78 is 1.01. The van der Waals surface area contributed by atoms with Crippen molar-refractivity contribution in [2.45, 2.75) is 18.8 Å². The Morgan fingerprint density at radius 3 is 2.80 bits per heavy atom. The minimum atomic E-state index is -0.470. The first-order valence-electron chi connectivity index (χ1n) is 4.64. The van der Waals surface area contributed by atoms with Gasteiger partial charge in [-0.1, -0.05) is 28.1 Å². The Morgan fingerprint density at radius 2 is 2.27 bits per heavy atom. The lowest BCUT2D eigenvalue weighted by atomic mass is 10.2. The molecule has 1 unspecified atom stereocenters. The lowest BCUT2D eigenvalue weighted by molar-refractivity contribution is -0.129. The highest BCUT2D eigenvalue weighted by Crippen LogP contribution is 2.13. The predicted molar refractivity (Wildman–Crippen MR) is 65.9 cm³/mol.